The smallest absolute Gasteiger partial charge is 0.144 e. The van der Waals surface area contributed by atoms with Crippen molar-refractivity contribution >= 4 is 27.5 Å². The molecule has 0 saturated carbocycles. The minimum absolute atomic E-state index is 0.251. The minimum atomic E-state index is -0.311. The van der Waals surface area contributed by atoms with E-state index in [1.807, 2.05) is 20.8 Å². The Balaban J connectivity index is 2.40. The van der Waals surface area contributed by atoms with Crippen LogP contribution in [0.25, 0.3) is 0 Å². The van der Waals surface area contributed by atoms with Gasteiger partial charge in [-0.05, 0) is 53.4 Å². The van der Waals surface area contributed by atoms with Crippen LogP contribution in [-0.4, -0.2) is 17.6 Å². The number of nitrogens with two attached hydrogens (primary N) is 1. The molecule has 0 bridgehead atoms. The second-order valence-corrected chi connectivity index (χ2v) is 6.69. The Morgan fingerprint density at radius 2 is 2.10 bits per heavy atom. The normalized spacial score (nSPS) is 12.5. The number of hydrogen-bond donors (Lipinski definition) is 3. The molecule has 4 nitrogen and oxygen atoms in total. The number of amidine groups is 1. The Kier molecular flexibility index (Phi) is 6.45. The van der Waals surface area contributed by atoms with Crippen LogP contribution in [0.5, 0.6) is 0 Å². The zero-order chi connectivity index (χ0) is 16.0. The number of nitrogens with one attached hydrogen (secondary N) is 1. The molecule has 0 amide bonds. The first-order valence-electron chi connectivity index (χ1n) is 6.95. The average molecular weight is 360 g/mol. The Labute approximate surface area is 133 Å². The van der Waals surface area contributed by atoms with Gasteiger partial charge in [-0.2, -0.15) is 0 Å². The summed E-state index contributed by atoms with van der Waals surface area (Å²) in [6.07, 6.45) is 2.70. The number of hydrogen-bond acceptors (Lipinski definition) is 3. The Hall–Kier alpha value is -1.30. The molecule has 1 aromatic carbocycles. The molecule has 0 aliphatic carbocycles. The first-order valence-corrected chi connectivity index (χ1v) is 7.75. The van der Waals surface area contributed by atoms with E-state index in [1.165, 1.54) is 6.07 Å². The second kappa shape index (κ2) is 7.64. The van der Waals surface area contributed by atoms with Crippen LogP contribution in [0.4, 0.5) is 10.1 Å². The van der Waals surface area contributed by atoms with E-state index < -0.39 is 0 Å². The molecule has 118 valence electrons. The highest BCUT2D eigenvalue weighted by Crippen LogP contribution is 2.25. The van der Waals surface area contributed by atoms with Crippen molar-refractivity contribution in [2.45, 2.75) is 40.0 Å². The van der Waals surface area contributed by atoms with Gasteiger partial charge >= 0.3 is 0 Å². The fourth-order valence-corrected chi connectivity index (χ4v) is 2.47. The molecule has 6 heteroatoms. The van der Waals surface area contributed by atoms with E-state index >= 15 is 0 Å². The van der Waals surface area contributed by atoms with E-state index in [9.17, 15) is 4.39 Å². The predicted octanol–water partition coefficient (Wildman–Crippen LogP) is 4.25. The third-order valence-corrected chi connectivity index (χ3v) is 4.22. The van der Waals surface area contributed by atoms with E-state index in [0.717, 1.165) is 37.1 Å². The van der Waals surface area contributed by atoms with Crippen LogP contribution in [0.2, 0.25) is 0 Å². The molecule has 0 fully saturated rings. The first kappa shape index (κ1) is 17.8. The van der Waals surface area contributed by atoms with Crippen LogP contribution in [0, 0.1) is 18.2 Å². The van der Waals surface area contributed by atoms with Gasteiger partial charge in [-0.25, -0.2) is 4.39 Å². The molecule has 0 aliphatic rings. The van der Waals surface area contributed by atoms with Crippen LogP contribution >= 0.6 is 15.9 Å². The maximum atomic E-state index is 13.5. The van der Waals surface area contributed by atoms with Crippen molar-refractivity contribution < 1.29 is 9.60 Å². The van der Waals surface area contributed by atoms with E-state index in [1.54, 1.807) is 6.07 Å². The summed E-state index contributed by atoms with van der Waals surface area (Å²) in [5.41, 5.74) is 7.15. The molecule has 0 unspecified atom stereocenters. The topological polar surface area (TPSA) is 70.6 Å². The summed E-state index contributed by atoms with van der Waals surface area (Å²) in [5.74, 6) is -0.0163. The van der Waals surface area contributed by atoms with Crippen molar-refractivity contribution in [1.82, 2.24) is 0 Å². The molecular formula is C15H23BrFN3O. The molecule has 0 heterocycles. The molecule has 0 atom stereocenters. The van der Waals surface area contributed by atoms with E-state index in [0.29, 0.717) is 4.47 Å². The lowest BCUT2D eigenvalue weighted by Gasteiger charge is -2.22. The molecule has 0 spiro atoms. The lowest BCUT2D eigenvalue weighted by atomic mass is 9.86. The van der Waals surface area contributed by atoms with E-state index in [2.05, 4.69) is 26.4 Å². The van der Waals surface area contributed by atoms with Gasteiger partial charge in [0.25, 0.3) is 0 Å². The van der Waals surface area contributed by atoms with Gasteiger partial charge in [0.15, 0.2) is 0 Å². The first-order chi connectivity index (χ1) is 9.77. The van der Waals surface area contributed by atoms with Crippen molar-refractivity contribution in [1.29, 1.82) is 0 Å². The number of unbranched alkanes of at least 4 members (excludes halogenated alkanes) is 1. The number of nitrogens with zero attached hydrogens (tertiary/aromatic N) is 1. The molecular weight excluding hydrogens is 337 g/mol. The standard InChI is InChI=1S/C15H23BrFN3O/c1-10-8-11(16)12(17)9-13(10)19-7-5-4-6-15(2,3)14(18)20-21/h8-9,19,21H,4-7H2,1-3H3,(H2,18,20). The van der Waals surface area contributed by atoms with Gasteiger partial charge in [0.1, 0.15) is 11.7 Å². The van der Waals surface area contributed by atoms with Gasteiger partial charge in [-0.3, -0.25) is 0 Å². The second-order valence-electron chi connectivity index (χ2n) is 5.83. The number of aryl methyl sites for hydroxylation is 1. The quantitative estimate of drug-likeness (QED) is 0.224. The summed E-state index contributed by atoms with van der Waals surface area (Å²) in [4.78, 5) is 0. The fourth-order valence-electron chi connectivity index (χ4n) is 2.02. The van der Waals surface area contributed by atoms with Gasteiger partial charge < -0.3 is 16.3 Å². The molecule has 21 heavy (non-hydrogen) atoms. The van der Waals surface area contributed by atoms with E-state index in [4.69, 9.17) is 10.9 Å². The minimum Gasteiger partial charge on any atom is -0.409 e. The molecule has 0 aliphatic heterocycles. The summed E-state index contributed by atoms with van der Waals surface area (Å²) in [6, 6.07) is 3.26. The van der Waals surface area contributed by atoms with Crippen molar-refractivity contribution in [2.24, 2.45) is 16.3 Å². The van der Waals surface area contributed by atoms with Crippen molar-refractivity contribution in [3.8, 4) is 0 Å². The third kappa shape index (κ3) is 5.19. The zero-order valence-electron chi connectivity index (χ0n) is 12.7. The largest absolute Gasteiger partial charge is 0.409 e. The van der Waals surface area contributed by atoms with Crippen LogP contribution in [-0.2, 0) is 0 Å². The molecule has 0 aromatic heterocycles. The molecule has 1 rings (SSSR count). The van der Waals surface area contributed by atoms with Gasteiger partial charge in [0.2, 0.25) is 0 Å². The number of benzene rings is 1. The van der Waals surface area contributed by atoms with Crippen molar-refractivity contribution in [3.63, 3.8) is 0 Å². The summed E-state index contributed by atoms with van der Waals surface area (Å²) in [6.45, 7) is 6.59. The number of oxime groups is 1. The van der Waals surface area contributed by atoms with Crippen LogP contribution < -0.4 is 11.1 Å². The summed E-state index contributed by atoms with van der Waals surface area (Å²) < 4.78 is 14.0. The van der Waals surface area contributed by atoms with Crippen LogP contribution in [0.15, 0.2) is 21.8 Å². The molecule has 1 aromatic rings. The summed E-state index contributed by atoms with van der Waals surface area (Å²) in [5, 5.41) is 15.0. The van der Waals surface area contributed by atoms with Gasteiger partial charge in [0.05, 0.1) is 4.47 Å². The van der Waals surface area contributed by atoms with Gasteiger partial charge in [-0.1, -0.05) is 25.4 Å². The summed E-state index contributed by atoms with van der Waals surface area (Å²) >= 11 is 3.17. The average Bonchev–Trinajstić information content (AvgIpc) is 2.42. The Bertz CT molecular complexity index is 518. The number of halogens is 2. The highest BCUT2D eigenvalue weighted by atomic mass is 79.9. The summed E-state index contributed by atoms with van der Waals surface area (Å²) in [7, 11) is 0. The Morgan fingerprint density at radius 1 is 1.43 bits per heavy atom. The predicted molar refractivity (Wildman–Crippen MR) is 88.4 cm³/mol. The van der Waals surface area contributed by atoms with Crippen LogP contribution in [0.1, 0.15) is 38.7 Å². The van der Waals surface area contributed by atoms with Crippen molar-refractivity contribution in [2.75, 3.05) is 11.9 Å². The maximum Gasteiger partial charge on any atom is 0.144 e. The SMILES string of the molecule is Cc1cc(Br)c(F)cc1NCCCCC(C)(C)/C(N)=N/O. The van der Waals surface area contributed by atoms with Crippen molar-refractivity contribution in [3.05, 3.63) is 28.0 Å². The monoisotopic (exact) mass is 359 g/mol. The Morgan fingerprint density at radius 3 is 2.71 bits per heavy atom. The highest BCUT2D eigenvalue weighted by Gasteiger charge is 2.22. The number of rotatable bonds is 7. The fraction of sp³-hybridized carbons (Fsp3) is 0.533. The molecule has 0 radical (unpaired) electrons. The van der Waals surface area contributed by atoms with Crippen LogP contribution in [0.3, 0.4) is 0 Å². The lowest BCUT2D eigenvalue weighted by molar-refractivity contribution is 0.304. The zero-order valence-corrected chi connectivity index (χ0v) is 14.3. The lowest BCUT2D eigenvalue weighted by Crippen LogP contribution is -2.31. The number of anilines is 1. The maximum absolute atomic E-state index is 13.5. The van der Waals surface area contributed by atoms with Gasteiger partial charge in [0, 0.05) is 17.6 Å². The highest BCUT2D eigenvalue weighted by molar-refractivity contribution is 9.10. The van der Waals surface area contributed by atoms with E-state index in [-0.39, 0.29) is 17.1 Å². The molecule has 4 N–H and O–H groups in total. The molecule has 0 saturated heterocycles. The van der Waals surface area contributed by atoms with Gasteiger partial charge in [-0.15, -0.1) is 0 Å². The third-order valence-electron chi connectivity index (χ3n) is 3.61.